The van der Waals surface area contributed by atoms with E-state index < -0.39 is 37.8 Å². The first kappa shape index (κ1) is 53.2. The molecule has 348 valence electrons. The van der Waals surface area contributed by atoms with Crippen molar-refractivity contribution in [2.45, 2.75) is 52.1 Å². The zero-order chi connectivity index (χ0) is 46.1. The van der Waals surface area contributed by atoms with Crippen LogP contribution in [0, 0.1) is 0 Å². The number of pyridine rings is 1. The van der Waals surface area contributed by atoms with Crippen LogP contribution < -0.4 is 27.4 Å². The van der Waals surface area contributed by atoms with Gasteiger partial charge in [-0.05, 0) is 45.7 Å². The van der Waals surface area contributed by atoms with Crippen LogP contribution in [0.4, 0.5) is 5.69 Å². The predicted octanol–water partition coefficient (Wildman–Crippen LogP) is -1.64. The molecule has 1 aromatic rings. The van der Waals surface area contributed by atoms with Crippen LogP contribution in [0.3, 0.4) is 0 Å². The van der Waals surface area contributed by atoms with E-state index in [1.165, 1.54) is 6.20 Å². The Morgan fingerprint density at radius 3 is 1.76 bits per heavy atom. The van der Waals surface area contributed by atoms with Crippen molar-refractivity contribution >= 4 is 61.4 Å². The first-order valence-corrected chi connectivity index (χ1v) is 21.4. The van der Waals surface area contributed by atoms with Crippen molar-refractivity contribution in [3.8, 4) is 0 Å². The summed E-state index contributed by atoms with van der Waals surface area (Å²) in [7, 11) is -2.02. The van der Waals surface area contributed by atoms with Crippen molar-refractivity contribution in [3.63, 3.8) is 0 Å². The normalized spacial score (nSPS) is 16.4. The number of nitrogens with two attached hydrogens (primary N) is 2. The first-order chi connectivity index (χ1) is 29.3. The summed E-state index contributed by atoms with van der Waals surface area (Å²) in [5.41, 5.74) is 11.4. The van der Waals surface area contributed by atoms with Gasteiger partial charge in [0.1, 0.15) is 11.5 Å². The summed E-state index contributed by atoms with van der Waals surface area (Å²) < 4.78 is 11.4. The lowest BCUT2D eigenvalue weighted by Crippen LogP contribution is -2.49. The smallest absolute Gasteiger partial charge is 0.317 e. The summed E-state index contributed by atoms with van der Waals surface area (Å²) in [6.07, 6.45) is 2.25. The molecule has 11 N–H and O–H groups in total. The highest BCUT2D eigenvalue weighted by molar-refractivity contribution is 7.46. The number of hydrogen-bond acceptors (Lipinski definition) is 16. The quantitative estimate of drug-likeness (QED) is 0.0175. The Bertz CT molecular complexity index is 1630. The lowest BCUT2D eigenvalue weighted by Gasteiger charge is -2.32. The van der Waals surface area contributed by atoms with Crippen molar-refractivity contribution in [1.29, 1.82) is 0 Å². The third kappa shape index (κ3) is 25.1. The molecule has 0 radical (unpaired) electrons. The van der Waals surface area contributed by atoms with Crippen LogP contribution in [0.25, 0.3) is 0 Å². The molecule has 1 fully saturated rings. The lowest BCUT2D eigenvalue weighted by molar-refractivity contribution is -0.140. The fourth-order valence-corrected chi connectivity index (χ4v) is 6.46. The number of nitrogens with one attached hydrogen (secondary N) is 3. The maximum atomic E-state index is 12.9. The third-order valence-corrected chi connectivity index (χ3v) is 9.99. The number of amides is 3. The molecular formula is C37H63N12O12P. The monoisotopic (exact) mass is 898 g/mol. The highest BCUT2D eigenvalue weighted by atomic mass is 31.2. The van der Waals surface area contributed by atoms with Crippen LogP contribution in [-0.4, -0.2) is 202 Å². The van der Waals surface area contributed by atoms with Gasteiger partial charge >= 0.3 is 17.9 Å². The molecule has 1 atom stereocenters. The summed E-state index contributed by atoms with van der Waals surface area (Å²) in [6.45, 7) is 6.98. The molecule has 1 unspecified atom stereocenters. The molecule has 0 spiro atoms. The van der Waals surface area contributed by atoms with E-state index in [4.69, 9.17) is 20.7 Å². The van der Waals surface area contributed by atoms with Gasteiger partial charge in [-0.3, -0.25) is 53.4 Å². The number of amidine groups is 2. The maximum absolute atomic E-state index is 12.9. The number of aromatic nitrogens is 1. The Morgan fingerprint density at radius 1 is 0.758 bits per heavy atom. The molecule has 0 bridgehead atoms. The van der Waals surface area contributed by atoms with Crippen molar-refractivity contribution in [2.24, 2.45) is 21.7 Å². The van der Waals surface area contributed by atoms with Crippen LogP contribution in [0.1, 0.15) is 52.1 Å². The molecule has 62 heavy (non-hydrogen) atoms. The molecule has 1 aliphatic rings. The zero-order valence-electron chi connectivity index (χ0n) is 35.7. The predicted molar refractivity (Wildman–Crippen MR) is 229 cm³/mol. The maximum Gasteiger partial charge on any atom is 0.317 e. The summed E-state index contributed by atoms with van der Waals surface area (Å²) >= 11 is 0. The van der Waals surface area contributed by atoms with Gasteiger partial charge in [0.15, 0.2) is 14.2 Å². The average Bonchev–Trinajstić information content (AvgIpc) is 3.18. The second kappa shape index (κ2) is 28.6. The van der Waals surface area contributed by atoms with Gasteiger partial charge in [0, 0.05) is 71.7 Å². The number of carbonyl (C=O) groups excluding carboxylic acids is 3. The molecule has 1 aromatic heterocycles. The number of carboxylic acids is 3. The van der Waals surface area contributed by atoms with Crippen molar-refractivity contribution in [2.75, 3.05) is 110 Å². The Morgan fingerprint density at radius 2 is 1.27 bits per heavy atom. The number of aliphatic carboxylic acids is 3. The molecular weight excluding hydrogens is 835 g/mol. The molecule has 0 aromatic carbocycles. The molecule has 0 aliphatic carbocycles. The fourth-order valence-electron chi connectivity index (χ4n) is 5.76. The van der Waals surface area contributed by atoms with E-state index in [0.717, 1.165) is 0 Å². The minimum Gasteiger partial charge on any atom is -0.480 e. The highest BCUT2D eigenvalue weighted by Crippen LogP contribution is 2.30. The largest absolute Gasteiger partial charge is 0.480 e. The number of rotatable bonds is 25. The second-order valence-electron chi connectivity index (χ2n) is 15.0. The first-order valence-electron chi connectivity index (χ1n) is 20.0. The van der Waals surface area contributed by atoms with Crippen LogP contribution in [0.15, 0.2) is 28.5 Å². The van der Waals surface area contributed by atoms with Gasteiger partial charge in [0.2, 0.25) is 17.7 Å². The van der Waals surface area contributed by atoms with Crippen LogP contribution >= 0.6 is 8.38 Å². The average molecular weight is 899 g/mol. The molecule has 1 saturated heterocycles. The summed E-state index contributed by atoms with van der Waals surface area (Å²) in [5, 5.41) is 43.7. The summed E-state index contributed by atoms with van der Waals surface area (Å²) in [4.78, 5) is 93.3. The number of nitrogens with zero attached hydrogens (tertiary/aromatic N) is 7. The number of carboxylic acid groups (broad SMARTS) is 3. The Hall–Kier alpha value is -4.94. The van der Waals surface area contributed by atoms with Crippen LogP contribution in [-0.2, 0) is 38.0 Å². The number of hydrogen-bond donors (Lipinski definition) is 9. The molecule has 2 rings (SSSR count). The van der Waals surface area contributed by atoms with Gasteiger partial charge in [-0.2, -0.15) is 0 Å². The molecule has 0 saturated carbocycles. The van der Waals surface area contributed by atoms with E-state index >= 15 is 0 Å². The van der Waals surface area contributed by atoms with Crippen LogP contribution in [0.5, 0.6) is 0 Å². The van der Waals surface area contributed by atoms with Gasteiger partial charge in [-0.15, -0.1) is 10.2 Å². The SMILES string of the molecule is C/C(N)=N/N=C(\N)c1ccc(NC(=O)CCCC(=O)NCCOC(C)(C)CCOP(O)CNC(=O)CN2CCN(CC(=O)O)CCN(CC(=O)O)CCN(CC(=O)O)CC2)cn1. The highest BCUT2D eigenvalue weighted by Gasteiger charge is 2.23. The zero-order valence-corrected chi connectivity index (χ0v) is 36.6. The molecule has 3 amide bonds. The van der Waals surface area contributed by atoms with Crippen molar-refractivity contribution < 1.29 is 58.2 Å². The molecule has 1 aliphatic heterocycles. The molecule has 25 heteroatoms. The van der Waals surface area contributed by atoms with E-state index in [9.17, 15) is 49.0 Å². The Balaban J connectivity index is 1.70. The topological polar surface area (TPSA) is 340 Å². The van der Waals surface area contributed by atoms with Gasteiger partial charge < -0.3 is 56.9 Å². The van der Waals surface area contributed by atoms with E-state index in [2.05, 4.69) is 31.1 Å². The van der Waals surface area contributed by atoms with Gasteiger partial charge in [0.25, 0.3) is 0 Å². The molecule has 24 nitrogen and oxygen atoms in total. The van der Waals surface area contributed by atoms with Crippen molar-refractivity contribution in [3.05, 3.63) is 24.0 Å². The number of carbonyl (C=O) groups is 6. The van der Waals surface area contributed by atoms with E-state index in [1.807, 2.05) is 13.8 Å². The number of ether oxygens (including phenoxy) is 1. The van der Waals surface area contributed by atoms with Crippen molar-refractivity contribution in [1.82, 2.24) is 35.2 Å². The lowest BCUT2D eigenvalue weighted by atomic mass is 10.1. The fraction of sp³-hybridized carbons (Fsp3) is 0.649. The summed E-state index contributed by atoms with van der Waals surface area (Å²) in [6, 6.07) is 3.19. The Labute approximate surface area is 361 Å². The van der Waals surface area contributed by atoms with Gasteiger partial charge in [-0.1, -0.05) is 0 Å². The molecule has 2 heterocycles. The standard InChI is InChI=1S/C37H63N12O12P/c1-27(38)44-45-36(39)29-8-7-28(21-41-29)43-31(51)6-4-5-30(50)40-10-20-60-37(2,3)9-19-61-62(59)26-42-32(52)22-46-11-13-47(23-33(53)54)15-17-49(25-35(57)58)18-16-48(14-12-46)24-34(55)56/h7-8,21,59H,4-6,9-20,22-26H2,1-3H3,(H2,38,44)(H2,39,45)(H,40,50)(H,42,52)(H,43,51)(H,53,54)(H,55,56)(H,57,58). The minimum atomic E-state index is -2.02. The van der Waals surface area contributed by atoms with E-state index in [-0.39, 0.29) is 141 Å². The minimum absolute atomic E-state index is 0.0678. The number of anilines is 1. The third-order valence-electron chi connectivity index (χ3n) is 9.08. The second-order valence-corrected chi connectivity index (χ2v) is 16.3. The van der Waals surface area contributed by atoms with E-state index in [1.54, 1.807) is 38.7 Å². The summed E-state index contributed by atoms with van der Waals surface area (Å²) in [5.74, 6) is -3.78. The van der Waals surface area contributed by atoms with E-state index in [0.29, 0.717) is 24.2 Å². The Kier molecular flexibility index (Phi) is 24.6. The van der Waals surface area contributed by atoms with Gasteiger partial charge in [-0.25, -0.2) is 0 Å². The van der Waals surface area contributed by atoms with Crippen LogP contribution in [0.2, 0.25) is 0 Å². The van der Waals surface area contributed by atoms with Gasteiger partial charge in [0.05, 0.1) is 63.2 Å².